The van der Waals surface area contributed by atoms with Crippen molar-refractivity contribution in [1.82, 2.24) is 0 Å². The Hall–Kier alpha value is -3.35. The van der Waals surface area contributed by atoms with Crippen molar-refractivity contribution in [1.29, 1.82) is 0 Å². The van der Waals surface area contributed by atoms with Crippen LogP contribution >= 0.6 is 0 Å². The first-order chi connectivity index (χ1) is 15.5. The van der Waals surface area contributed by atoms with Gasteiger partial charge in [-0.2, -0.15) is 0 Å². The molecule has 0 aliphatic rings. The van der Waals surface area contributed by atoms with Crippen LogP contribution in [-0.2, 0) is 20.9 Å². The third kappa shape index (κ3) is 8.06. The quantitative estimate of drug-likeness (QED) is 0.400. The molecule has 0 aromatic heterocycles. The van der Waals surface area contributed by atoms with Crippen molar-refractivity contribution in [2.75, 3.05) is 25.1 Å². The lowest BCUT2D eigenvalue weighted by Gasteiger charge is -2.29. The highest BCUT2D eigenvalue weighted by atomic mass is 16.5. The number of benzene rings is 3. The average Bonchev–Trinajstić information content (AvgIpc) is 2.80. The van der Waals surface area contributed by atoms with Crippen LogP contribution in [0.5, 0.6) is 11.5 Å². The maximum atomic E-state index is 11.3. The number of nitrogens with two attached hydrogens (primary N) is 1. The molecule has 3 aromatic carbocycles. The number of ether oxygens (including phenoxy) is 3. The first kappa shape index (κ1) is 23.3. The van der Waals surface area contributed by atoms with Crippen molar-refractivity contribution >= 4 is 11.7 Å². The van der Waals surface area contributed by atoms with Gasteiger partial charge in [-0.3, -0.25) is 4.79 Å². The van der Waals surface area contributed by atoms with Crippen LogP contribution < -0.4 is 15.8 Å². The highest BCUT2D eigenvalue weighted by molar-refractivity contribution is 5.66. The molecule has 0 saturated carbocycles. The largest absolute Gasteiger partial charge is 0.464 e. The minimum Gasteiger partial charge on any atom is -0.464 e. The zero-order valence-corrected chi connectivity index (χ0v) is 18.3. The van der Waals surface area contributed by atoms with Gasteiger partial charge in [-0.05, 0) is 48.4 Å². The fourth-order valence-electron chi connectivity index (χ4n) is 3.10. The molecule has 0 aliphatic carbocycles. The summed E-state index contributed by atoms with van der Waals surface area (Å²) in [4.78, 5) is 11.3. The van der Waals surface area contributed by atoms with Gasteiger partial charge in [0.2, 0.25) is 0 Å². The van der Waals surface area contributed by atoms with E-state index >= 15 is 0 Å². The number of carbonyl (C=O) groups excluding carboxylic acids is 1. The Morgan fingerprint density at radius 1 is 0.875 bits per heavy atom. The average molecular weight is 435 g/mol. The lowest BCUT2D eigenvalue weighted by atomic mass is 9.98. The summed E-state index contributed by atoms with van der Waals surface area (Å²) in [6.45, 7) is 2.81. The topological polar surface area (TPSA) is 82.8 Å². The van der Waals surface area contributed by atoms with Gasteiger partial charge in [0.1, 0.15) is 18.1 Å². The van der Waals surface area contributed by atoms with Crippen LogP contribution in [0.1, 0.15) is 18.9 Å². The molecule has 0 aliphatic heterocycles. The van der Waals surface area contributed by atoms with E-state index in [-0.39, 0.29) is 19.2 Å². The Morgan fingerprint density at radius 3 is 2.16 bits per heavy atom. The maximum Gasteiger partial charge on any atom is 0.302 e. The summed E-state index contributed by atoms with van der Waals surface area (Å²) < 4.78 is 16.8. The molecule has 32 heavy (non-hydrogen) atoms. The van der Waals surface area contributed by atoms with Gasteiger partial charge in [-0.15, -0.1) is 0 Å². The van der Waals surface area contributed by atoms with Crippen molar-refractivity contribution in [3.05, 3.63) is 90.5 Å². The van der Waals surface area contributed by atoms with E-state index in [1.165, 1.54) is 6.92 Å². The Balaban J connectivity index is 1.49. The molecule has 0 heterocycles. The van der Waals surface area contributed by atoms with E-state index in [2.05, 4.69) is 5.32 Å². The molecule has 1 atom stereocenters. The van der Waals surface area contributed by atoms with Crippen molar-refractivity contribution < 1.29 is 19.0 Å². The summed E-state index contributed by atoms with van der Waals surface area (Å²) in [6, 6.07) is 27.3. The van der Waals surface area contributed by atoms with E-state index in [1.54, 1.807) is 0 Å². The Morgan fingerprint density at radius 2 is 1.50 bits per heavy atom. The standard InChI is InChI=1S/C26H30N2O4/c1-21(29)31-20-26(27,19-30-18-22-8-4-2-5-9-22)16-17-28-23-12-14-25(15-13-23)32-24-10-6-3-7-11-24/h2-15,28H,16-20,27H2,1H3. The van der Waals surface area contributed by atoms with E-state index < -0.39 is 5.54 Å². The molecule has 0 fully saturated rings. The second-order valence-corrected chi connectivity index (χ2v) is 7.74. The predicted molar refractivity (Wildman–Crippen MR) is 126 cm³/mol. The number of hydrogen-bond acceptors (Lipinski definition) is 6. The number of anilines is 1. The molecule has 0 radical (unpaired) electrons. The summed E-state index contributed by atoms with van der Waals surface area (Å²) in [7, 11) is 0. The van der Waals surface area contributed by atoms with Gasteiger partial charge in [0, 0.05) is 19.2 Å². The third-order valence-electron chi connectivity index (χ3n) is 4.85. The van der Waals surface area contributed by atoms with E-state index in [1.807, 2.05) is 84.9 Å². The van der Waals surface area contributed by atoms with Crippen LogP contribution in [0.15, 0.2) is 84.9 Å². The van der Waals surface area contributed by atoms with Gasteiger partial charge >= 0.3 is 5.97 Å². The van der Waals surface area contributed by atoms with Crippen LogP contribution in [0.25, 0.3) is 0 Å². The van der Waals surface area contributed by atoms with Crippen LogP contribution in [0.3, 0.4) is 0 Å². The highest BCUT2D eigenvalue weighted by Gasteiger charge is 2.27. The van der Waals surface area contributed by atoms with Gasteiger partial charge in [0.25, 0.3) is 0 Å². The molecule has 3 rings (SSSR count). The number of nitrogens with one attached hydrogen (secondary N) is 1. The van der Waals surface area contributed by atoms with Crippen LogP contribution in [0.2, 0.25) is 0 Å². The second kappa shape index (κ2) is 11.9. The molecular formula is C26H30N2O4. The first-order valence-corrected chi connectivity index (χ1v) is 10.6. The molecule has 0 saturated heterocycles. The fourth-order valence-corrected chi connectivity index (χ4v) is 3.10. The summed E-state index contributed by atoms with van der Waals surface area (Å²) in [6.07, 6.45) is 0.567. The lowest BCUT2D eigenvalue weighted by molar-refractivity contribution is -0.143. The minimum atomic E-state index is -0.788. The Bertz CT molecular complexity index is 949. The summed E-state index contributed by atoms with van der Waals surface area (Å²) in [5.41, 5.74) is 7.75. The van der Waals surface area contributed by atoms with Gasteiger partial charge < -0.3 is 25.3 Å². The van der Waals surface area contributed by atoms with Crippen LogP contribution in [0.4, 0.5) is 5.69 Å². The summed E-state index contributed by atoms with van der Waals surface area (Å²) in [5, 5.41) is 3.36. The van der Waals surface area contributed by atoms with Crippen molar-refractivity contribution in [3.63, 3.8) is 0 Å². The molecule has 3 N–H and O–H groups in total. The highest BCUT2D eigenvalue weighted by Crippen LogP contribution is 2.23. The number of hydrogen-bond donors (Lipinski definition) is 2. The molecule has 6 nitrogen and oxygen atoms in total. The molecule has 0 bridgehead atoms. The van der Waals surface area contributed by atoms with Crippen molar-refractivity contribution in [2.45, 2.75) is 25.5 Å². The normalized spacial score (nSPS) is 12.6. The molecule has 6 heteroatoms. The van der Waals surface area contributed by atoms with Gasteiger partial charge in [0.15, 0.2) is 0 Å². The molecule has 0 spiro atoms. The molecule has 0 amide bonds. The number of carbonyl (C=O) groups is 1. The van der Waals surface area contributed by atoms with Gasteiger partial charge in [-0.1, -0.05) is 48.5 Å². The number of rotatable bonds is 12. The smallest absolute Gasteiger partial charge is 0.302 e. The minimum absolute atomic E-state index is 0.0999. The van der Waals surface area contributed by atoms with Crippen molar-refractivity contribution in [2.24, 2.45) is 5.73 Å². The third-order valence-corrected chi connectivity index (χ3v) is 4.85. The van der Waals surface area contributed by atoms with Gasteiger partial charge in [-0.25, -0.2) is 0 Å². The lowest BCUT2D eigenvalue weighted by Crippen LogP contribution is -2.50. The Labute approximate surface area is 189 Å². The number of para-hydroxylation sites is 1. The zero-order valence-electron chi connectivity index (χ0n) is 18.3. The van der Waals surface area contributed by atoms with E-state index in [4.69, 9.17) is 19.9 Å². The molecular weight excluding hydrogens is 404 g/mol. The summed E-state index contributed by atoms with van der Waals surface area (Å²) >= 11 is 0. The van der Waals surface area contributed by atoms with Gasteiger partial charge in [0.05, 0.1) is 18.8 Å². The maximum absolute atomic E-state index is 11.3. The molecule has 3 aromatic rings. The number of esters is 1. The molecule has 1 unspecified atom stereocenters. The fraction of sp³-hybridized carbons (Fsp3) is 0.269. The molecule has 168 valence electrons. The summed E-state index contributed by atoms with van der Waals surface area (Å²) in [5.74, 6) is 1.20. The van der Waals surface area contributed by atoms with E-state index in [9.17, 15) is 4.79 Å². The second-order valence-electron chi connectivity index (χ2n) is 7.74. The monoisotopic (exact) mass is 434 g/mol. The van der Waals surface area contributed by atoms with Crippen molar-refractivity contribution in [3.8, 4) is 11.5 Å². The zero-order chi connectivity index (χ0) is 22.7. The van der Waals surface area contributed by atoms with Crippen LogP contribution in [-0.4, -0.2) is 31.3 Å². The van der Waals surface area contributed by atoms with E-state index in [0.717, 1.165) is 22.7 Å². The van der Waals surface area contributed by atoms with Crippen LogP contribution in [0, 0.1) is 0 Å². The first-order valence-electron chi connectivity index (χ1n) is 10.6. The predicted octanol–water partition coefficient (Wildman–Crippen LogP) is 4.76. The Kier molecular flexibility index (Phi) is 8.66. The SMILES string of the molecule is CC(=O)OCC(N)(CCNc1ccc(Oc2ccccc2)cc1)COCc1ccccc1. The van der Waals surface area contributed by atoms with E-state index in [0.29, 0.717) is 19.6 Å².